The maximum Gasteiger partial charge on any atom is 0.317 e. The molecule has 0 aromatic heterocycles. The fourth-order valence-corrected chi connectivity index (χ4v) is 3.46. The number of hydrogen-bond acceptors (Lipinski definition) is 3. The summed E-state index contributed by atoms with van der Waals surface area (Å²) in [6.07, 6.45) is -0.221. The van der Waals surface area contributed by atoms with E-state index in [9.17, 15) is 9.18 Å². The number of halogens is 1. The molecule has 2 aromatic carbocycles. The zero-order valence-corrected chi connectivity index (χ0v) is 14.5. The van der Waals surface area contributed by atoms with E-state index < -0.39 is 0 Å². The Morgan fingerprint density at radius 2 is 2.00 bits per heavy atom. The van der Waals surface area contributed by atoms with E-state index >= 15 is 0 Å². The lowest BCUT2D eigenvalue weighted by atomic mass is 10.1. The third kappa shape index (κ3) is 3.71. The highest BCUT2D eigenvalue weighted by molar-refractivity contribution is 5.74. The molecule has 2 aliphatic heterocycles. The molecule has 6 heteroatoms. The van der Waals surface area contributed by atoms with Crippen LogP contribution in [-0.2, 0) is 24.4 Å². The molecule has 0 aliphatic carbocycles. The summed E-state index contributed by atoms with van der Waals surface area (Å²) >= 11 is 0. The molecule has 2 amide bonds. The zero-order chi connectivity index (χ0) is 17.9. The number of carbonyl (C=O) groups is 1. The molecule has 2 aromatic rings. The van der Waals surface area contributed by atoms with Crippen LogP contribution < -0.4 is 10.6 Å². The maximum atomic E-state index is 13.1. The number of carbonyl (C=O) groups excluding carboxylic acids is 1. The lowest BCUT2D eigenvalue weighted by Crippen LogP contribution is -2.46. The number of rotatable bonds is 3. The van der Waals surface area contributed by atoms with Crippen molar-refractivity contribution in [1.29, 1.82) is 0 Å². The van der Waals surface area contributed by atoms with E-state index in [1.165, 1.54) is 23.3 Å². The first-order chi connectivity index (χ1) is 12.7. The summed E-state index contributed by atoms with van der Waals surface area (Å²) in [5, 5.41) is 6.31. The quantitative estimate of drug-likeness (QED) is 0.890. The van der Waals surface area contributed by atoms with Gasteiger partial charge in [0.2, 0.25) is 0 Å². The van der Waals surface area contributed by atoms with Crippen molar-refractivity contribution in [2.24, 2.45) is 0 Å². The first-order valence-corrected chi connectivity index (χ1v) is 8.90. The molecule has 0 spiro atoms. The van der Waals surface area contributed by atoms with Gasteiger partial charge in [-0.1, -0.05) is 30.3 Å². The van der Waals surface area contributed by atoms with Gasteiger partial charge in [0.15, 0.2) is 0 Å². The van der Waals surface area contributed by atoms with Crippen LogP contribution in [0.2, 0.25) is 0 Å². The van der Waals surface area contributed by atoms with Crippen molar-refractivity contribution >= 4 is 6.03 Å². The van der Waals surface area contributed by atoms with Crippen molar-refractivity contribution < 1.29 is 13.9 Å². The second kappa shape index (κ2) is 7.43. The Morgan fingerprint density at radius 1 is 1.19 bits per heavy atom. The van der Waals surface area contributed by atoms with Crippen LogP contribution in [0.3, 0.4) is 0 Å². The van der Waals surface area contributed by atoms with Gasteiger partial charge in [-0.25, -0.2) is 9.18 Å². The van der Waals surface area contributed by atoms with Crippen LogP contribution >= 0.6 is 0 Å². The van der Waals surface area contributed by atoms with Gasteiger partial charge in [0.25, 0.3) is 0 Å². The topological polar surface area (TPSA) is 53.6 Å². The summed E-state index contributed by atoms with van der Waals surface area (Å²) in [5.41, 5.74) is 4.62. The molecule has 2 aliphatic rings. The van der Waals surface area contributed by atoms with Gasteiger partial charge in [-0.2, -0.15) is 0 Å². The first-order valence-electron chi connectivity index (χ1n) is 8.90. The highest BCUT2D eigenvalue weighted by Crippen LogP contribution is 2.22. The number of hydrogen-bond donors (Lipinski definition) is 2. The summed E-state index contributed by atoms with van der Waals surface area (Å²) < 4.78 is 18.8. The summed E-state index contributed by atoms with van der Waals surface area (Å²) in [6.45, 7) is 3.80. The second-order valence-electron chi connectivity index (χ2n) is 6.72. The van der Waals surface area contributed by atoms with E-state index in [1.807, 2.05) is 0 Å². The lowest BCUT2D eigenvalue weighted by molar-refractivity contribution is -0.0155. The highest BCUT2D eigenvalue weighted by atomic mass is 19.1. The Kier molecular flexibility index (Phi) is 4.86. The molecule has 26 heavy (non-hydrogen) atoms. The van der Waals surface area contributed by atoms with Crippen molar-refractivity contribution in [3.8, 4) is 0 Å². The molecule has 0 radical (unpaired) electrons. The molecular weight excluding hydrogens is 333 g/mol. The van der Waals surface area contributed by atoms with Crippen LogP contribution in [0.5, 0.6) is 0 Å². The van der Waals surface area contributed by atoms with Gasteiger partial charge in [-0.3, -0.25) is 0 Å². The van der Waals surface area contributed by atoms with E-state index in [0.717, 1.165) is 24.2 Å². The normalized spacial score (nSPS) is 19.3. The van der Waals surface area contributed by atoms with Crippen LogP contribution in [0.15, 0.2) is 42.5 Å². The molecule has 1 unspecified atom stereocenters. The van der Waals surface area contributed by atoms with Gasteiger partial charge in [0.05, 0.1) is 13.2 Å². The fraction of sp³-hybridized carbons (Fsp3) is 0.350. The number of urea groups is 1. The van der Waals surface area contributed by atoms with Crippen LogP contribution in [0.25, 0.3) is 0 Å². The molecular formula is C20H22FN3O2. The third-order valence-corrected chi connectivity index (χ3v) is 4.94. The van der Waals surface area contributed by atoms with Crippen LogP contribution in [0, 0.1) is 5.82 Å². The molecule has 0 bridgehead atoms. The van der Waals surface area contributed by atoms with Crippen molar-refractivity contribution in [3.63, 3.8) is 0 Å². The summed E-state index contributed by atoms with van der Waals surface area (Å²) in [5.74, 6) is -0.274. The SMILES string of the molecule is O=C(NCc1ccc2c(c1)CNC2)N1CCOC(c2ccc(F)cc2)C1. The average Bonchev–Trinajstić information content (AvgIpc) is 3.14. The van der Waals surface area contributed by atoms with Crippen molar-refractivity contribution in [2.45, 2.75) is 25.7 Å². The molecule has 136 valence electrons. The average molecular weight is 355 g/mol. The fourth-order valence-electron chi connectivity index (χ4n) is 3.46. The minimum Gasteiger partial charge on any atom is -0.370 e. The van der Waals surface area contributed by atoms with Crippen molar-refractivity contribution in [3.05, 3.63) is 70.5 Å². The summed E-state index contributed by atoms with van der Waals surface area (Å²) in [7, 11) is 0. The van der Waals surface area contributed by atoms with Crippen molar-refractivity contribution in [1.82, 2.24) is 15.5 Å². The smallest absolute Gasteiger partial charge is 0.317 e. The van der Waals surface area contributed by atoms with E-state index in [0.29, 0.717) is 26.2 Å². The monoisotopic (exact) mass is 355 g/mol. The predicted octanol–water partition coefficient (Wildman–Crippen LogP) is 2.71. The maximum absolute atomic E-state index is 13.1. The van der Waals surface area contributed by atoms with Crippen molar-refractivity contribution in [2.75, 3.05) is 19.7 Å². The molecule has 0 saturated carbocycles. The number of fused-ring (bicyclic) bond motifs is 1. The minimum absolute atomic E-state index is 0.0981. The number of amides is 2. The second-order valence-corrected chi connectivity index (χ2v) is 6.72. The van der Waals surface area contributed by atoms with Gasteiger partial charge in [0.1, 0.15) is 11.9 Å². The van der Waals surface area contributed by atoms with Gasteiger partial charge in [-0.15, -0.1) is 0 Å². The Bertz CT molecular complexity index is 794. The number of ether oxygens (including phenoxy) is 1. The lowest BCUT2D eigenvalue weighted by Gasteiger charge is -2.33. The zero-order valence-electron chi connectivity index (χ0n) is 14.5. The Morgan fingerprint density at radius 3 is 2.85 bits per heavy atom. The summed E-state index contributed by atoms with van der Waals surface area (Å²) in [6, 6.07) is 12.5. The third-order valence-electron chi connectivity index (χ3n) is 4.94. The molecule has 1 atom stereocenters. The molecule has 4 rings (SSSR count). The Balaban J connectivity index is 1.34. The van der Waals surface area contributed by atoms with Gasteiger partial charge >= 0.3 is 6.03 Å². The van der Waals surface area contributed by atoms with Crippen LogP contribution in [0.4, 0.5) is 9.18 Å². The van der Waals surface area contributed by atoms with E-state index in [1.54, 1.807) is 17.0 Å². The minimum atomic E-state index is -0.274. The molecule has 2 heterocycles. The standard InChI is InChI=1S/C20H22FN3O2/c21-18-5-3-15(4-6-18)19-13-24(7-8-26-19)20(25)23-10-14-1-2-16-11-22-12-17(16)9-14/h1-6,9,19,22H,7-8,10-13H2,(H,23,25). The molecule has 1 fully saturated rings. The van der Waals surface area contributed by atoms with E-state index in [2.05, 4.69) is 28.8 Å². The van der Waals surface area contributed by atoms with Crippen LogP contribution in [0.1, 0.15) is 28.4 Å². The Hall–Kier alpha value is -2.44. The van der Waals surface area contributed by atoms with E-state index in [4.69, 9.17) is 4.74 Å². The number of benzene rings is 2. The van der Waals surface area contributed by atoms with Gasteiger partial charge < -0.3 is 20.3 Å². The Labute approximate surface area is 152 Å². The van der Waals surface area contributed by atoms with E-state index in [-0.39, 0.29) is 18.0 Å². The largest absolute Gasteiger partial charge is 0.370 e. The number of morpholine rings is 1. The highest BCUT2D eigenvalue weighted by Gasteiger charge is 2.25. The molecule has 1 saturated heterocycles. The number of nitrogens with one attached hydrogen (secondary N) is 2. The summed E-state index contributed by atoms with van der Waals surface area (Å²) in [4.78, 5) is 14.3. The number of nitrogens with zero attached hydrogens (tertiary/aromatic N) is 1. The van der Waals surface area contributed by atoms with Crippen LogP contribution in [-0.4, -0.2) is 30.6 Å². The first kappa shape index (κ1) is 17.0. The molecule has 5 nitrogen and oxygen atoms in total. The van der Waals surface area contributed by atoms with Gasteiger partial charge in [0, 0.05) is 26.2 Å². The van der Waals surface area contributed by atoms with Gasteiger partial charge in [-0.05, 0) is 34.4 Å². The molecule has 2 N–H and O–H groups in total. The predicted molar refractivity (Wildman–Crippen MR) is 95.9 cm³/mol.